The van der Waals surface area contributed by atoms with Crippen molar-refractivity contribution in [2.75, 3.05) is 0 Å². The van der Waals surface area contributed by atoms with Crippen LogP contribution in [-0.4, -0.2) is 22.4 Å². The molecule has 8 heavy (non-hydrogen) atoms. The molecule has 0 bridgehead atoms. The molecule has 2 atom stereocenters. The smallest absolute Gasteiger partial charge is 0.0773 e. The van der Waals surface area contributed by atoms with Crippen LogP contribution in [0, 0.1) is 0 Å². The van der Waals surface area contributed by atoms with Gasteiger partial charge in [-0.3, -0.25) is 0 Å². The molecule has 1 aliphatic rings. The second kappa shape index (κ2) is 1.88. The van der Waals surface area contributed by atoms with Gasteiger partial charge in [0.15, 0.2) is 0 Å². The number of rotatable bonds is 0. The first-order chi connectivity index (χ1) is 3.72. The third kappa shape index (κ3) is 0.767. The molecule has 0 saturated heterocycles. The summed E-state index contributed by atoms with van der Waals surface area (Å²) in [5.41, 5.74) is 0.574. The highest BCUT2D eigenvalue weighted by atomic mass is 16.3. The van der Waals surface area contributed by atoms with E-state index in [0.29, 0.717) is 18.4 Å². The molecule has 0 aromatic heterocycles. The summed E-state index contributed by atoms with van der Waals surface area (Å²) < 4.78 is 0. The van der Waals surface area contributed by atoms with Gasteiger partial charge in [-0.1, -0.05) is 6.58 Å². The SMILES string of the molecule is C=C1C(O)CCC1O. The van der Waals surface area contributed by atoms with Crippen LogP contribution < -0.4 is 0 Å². The average molecular weight is 114 g/mol. The minimum Gasteiger partial charge on any atom is -0.389 e. The summed E-state index contributed by atoms with van der Waals surface area (Å²) in [6, 6.07) is 0. The molecule has 0 amide bonds. The third-order valence-corrected chi connectivity index (χ3v) is 1.57. The zero-order chi connectivity index (χ0) is 6.15. The van der Waals surface area contributed by atoms with Crippen LogP contribution in [0.4, 0.5) is 0 Å². The van der Waals surface area contributed by atoms with Gasteiger partial charge in [0.05, 0.1) is 12.2 Å². The van der Waals surface area contributed by atoms with Crippen LogP contribution in [0.15, 0.2) is 12.2 Å². The van der Waals surface area contributed by atoms with Crippen LogP contribution in [0.3, 0.4) is 0 Å². The van der Waals surface area contributed by atoms with Gasteiger partial charge in [-0.15, -0.1) is 0 Å². The highest BCUT2D eigenvalue weighted by Gasteiger charge is 2.24. The Morgan fingerprint density at radius 1 is 1.25 bits per heavy atom. The molecule has 0 aromatic carbocycles. The van der Waals surface area contributed by atoms with Gasteiger partial charge in [-0.25, -0.2) is 0 Å². The predicted octanol–water partition coefficient (Wildman–Crippen LogP) is 0.0582. The zero-order valence-electron chi connectivity index (χ0n) is 4.67. The molecule has 0 aliphatic heterocycles. The lowest BCUT2D eigenvalue weighted by Crippen LogP contribution is -2.07. The zero-order valence-corrected chi connectivity index (χ0v) is 4.67. The fourth-order valence-electron chi connectivity index (χ4n) is 0.909. The van der Waals surface area contributed by atoms with Gasteiger partial charge in [0.25, 0.3) is 0 Å². The maximum atomic E-state index is 8.91. The Kier molecular flexibility index (Phi) is 1.36. The van der Waals surface area contributed by atoms with Gasteiger partial charge in [0, 0.05) is 0 Å². The van der Waals surface area contributed by atoms with Crippen molar-refractivity contribution in [3.05, 3.63) is 12.2 Å². The van der Waals surface area contributed by atoms with Crippen LogP contribution in [0.2, 0.25) is 0 Å². The van der Waals surface area contributed by atoms with Crippen LogP contribution in [-0.2, 0) is 0 Å². The summed E-state index contributed by atoms with van der Waals surface area (Å²) in [6.07, 6.45) is 0.426. The van der Waals surface area contributed by atoms with E-state index < -0.39 is 12.2 Å². The highest BCUT2D eigenvalue weighted by Crippen LogP contribution is 2.22. The lowest BCUT2D eigenvalue weighted by molar-refractivity contribution is 0.199. The summed E-state index contributed by atoms with van der Waals surface area (Å²) in [4.78, 5) is 0. The van der Waals surface area contributed by atoms with Crippen molar-refractivity contribution in [2.45, 2.75) is 25.0 Å². The van der Waals surface area contributed by atoms with Gasteiger partial charge in [0.1, 0.15) is 0 Å². The minimum absolute atomic E-state index is 0.454. The van der Waals surface area contributed by atoms with Crippen molar-refractivity contribution in [2.24, 2.45) is 0 Å². The standard InChI is InChI=1S/C6H10O2/c1-4-5(7)2-3-6(4)8/h5-8H,1-3H2. The molecule has 0 aromatic rings. The second-order valence-corrected chi connectivity index (χ2v) is 2.18. The van der Waals surface area contributed by atoms with Crippen molar-refractivity contribution >= 4 is 0 Å². The Bertz CT molecular complexity index is 97.1. The Morgan fingerprint density at radius 3 is 1.75 bits per heavy atom. The fourth-order valence-corrected chi connectivity index (χ4v) is 0.909. The fraction of sp³-hybridized carbons (Fsp3) is 0.667. The van der Waals surface area contributed by atoms with E-state index in [2.05, 4.69) is 6.58 Å². The van der Waals surface area contributed by atoms with Gasteiger partial charge >= 0.3 is 0 Å². The first-order valence-corrected chi connectivity index (χ1v) is 2.76. The highest BCUT2D eigenvalue weighted by molar-refractivity contribution is 5.12. The van der Waals surface area contributed by atoms with E-state index in [-0.39, 0.29) is 0 Å². The van der Waals surface area contributed by atoms with Gasteiger partial charge in [-0.05, 0) is 18.4 Å². The molecule has 1 rings (SSSR count). The molecule has 1 saturated carbocycles. The Hall–Kier alpha value is -0.340. The lowest BCUT2D eigenvalue weighted by Gasteiger charge is -2.02. The summed E-state index contributed by atoms with van der Waals surface area (Å²) >= 11 is 0. The molecule has 0 heterocycles. The first kappa shape index (κ1) is 5.79. The molecule has 2 heteroatoms. The molecule has 1 aliphatic carbocycles. The van der Waals surface area contributed by atoms with Gasteiger partial charge in [0.2, 0.25) is 0 Å². The minimum atomic E-state index is -0.454. The predicted molar refractivity (Wildman–Crippen MR) is 30.4 cm³/mol. The van der Waals surface area contributed by atoms with Crippen molar-refractivity contribution in [1.82, 2.24) is 0 Å². The Morgan fingerprint density at radius 2 is 1.62 bits per heavy atom. The van der Waals surface area contributed by atoms with Crippen LogP contribution >= 0.6 is 0 Å². The molecule has 2 N–H and O–H groups in total. The van der Waals surface area contributed by atoms with E-state index >= 15 is 0 Å². The second-order valence-electron chi connectivity index (χ2n) is 2.18. The monoisotopic (exact) mass is 114 g/mol. The first-order valence-electron chi connectivity index (χ1n) is 2.76. The number of aliphatic hydroxyl groups excluding tert-OH is 2. The number of aliphatic hydroxyl groups is 2. The topological polar surface area (TPSA) is 40.5 Å². The van der Waals surface area contributed by atoms with Crippen LogP contribution in [0.5, 0.6) is 0 Å². The van der Waals surface area contributed by atoms with Crippen molar-refractivity contribution in [3.63, 3.8) is 0 Å². The van der Waals surface area contributed by atoms with E-state index in [4.69, 9.17) is 10.2 Å². The largest absolute Gasteiger partial charge is 0.389 e. The molecular weight excluding hydrogens is 104 g/mol. The molecule has 0 spiro atoms. The van der Waals surface area contributed by atoms with Gasteiger partial charge in [-0.2, -0.15) is 0 Å². The molecular formula is C6H10O2. The summed E-state index contributed by atoms with van der Waals surface area (Å²) in [7, 11) is 0. The summed E-state index contributed by atoms with van der Waals surface area (Å²) in [5, 5.41) is 17.8. The molecule has 2 unspecified atom stereocenters. The van der Waals surface area contributed by atoms with E-state index in [1.807, 2.05) is 0 Å². The van der Waals surface area contributed by atoms with Crippen LogP contribution in [0.1, 0.15) is 12.8 Å². The molecule has 0 radical (unpaired) electrons. The van der Waals surface area contributed by atoms with E-state index in [9.17, 15) is 0 Å². The maximum Gasteiger partial charge on any atom is 0.0773 e. The number of hydrogen-bond acceptors (Lipinski definition) is 2. The molecule has 2 nitrogen and oxygen atoms in total. The maximum absolute atomic E-state index is 8.91. The Balaban J connectivity index is 2.57. The average Bonchev–Trinajstić information content (AvgIpc) is 1.98. The summed E-state index contributed by atoms with van der Waals surface area (Å²) in [6.45, 7) is 3.52. The van der Waals surface area contributed by atoms with Gasteiger partial charge < -0.3 is 10.2 Å². The molecule has 46 valence electrons. The van der Waals surface area contributed by atoms with E-state index in [1.165, 1.54) is 0 Å². The summed E-state index contributed by atoms with van der Waals surface area (Å²) in [5.74, 6) is 0. The Labute approximate surface area is 48.5 Å². The van der Waals surface area contributed by atoms with E-state index in [0.717, 1.165) is 0 Å². The lowest BCUT2D eigenvalue weighted by atomic mass is 10.2. The van der Waals surface area contributed by atoms with Crippen molar-refractivity contribution in [3.8, 4) is 0 Å². The quantitative estimate of drug-likeness (QED) is 0.437. The molecule has 1 fully saturated rings. The van der Waals surface area contributed by atoms with Crippen LogP contribution in [0.25, 0.3) is 0 Å². The normalized spacial score (nSPS) is 38.5. The van der Waals surface area contributed by atoms with E-state index in [1.54, 1.807) is 0 Å². The van der Waals surface area contributed by atoms with Crippen molar-refractivity contribution in [1.29, 1.82) is 0 Å². The van der Waals surface area contributed by atoms with Crippen molar-refractivity contribution < 1.29 is 10.2 Å². The third-order valence-electron chi connectivity index (χ3n) is 1.57. The number of hydrogen-bond donors (Lipinski definition) is 2.